The molecule has 21 heavy (non-hydrogen) atoms. The summed E-state index contributed by atoms with van der Waals surface area (Å²) < 4.78 is 0. The minimum Gasteiger partial charge on any atom is -0.391 e. The maximum absolute atomic E-state index is 11.9. The van der Waals surface area contributed by atoms with E-state index in [4.69, 9.17) is 0 Å². The smallest absolute Gasteiger partial charge is 0.164 e. The van der Waals surface area contributed by atoms with Crippen molar-refractivity contribution in [1.29, 1.82) is 0 Å². The molecule has 110 valence electrons. The molecule has 0 aliphatic carbocycles. The standard InChI is InChI=1S/C17H20N2O2/c20-16(12-14-4-2-1-3-5-14)13-19-11-8-17(21)15-6-9-18-10-7-15/h1-7,9-10,16,19-20H,8,11-13H2. The number of nitrogens with zero attached hydrogens (tertiary/aromatic N) is 1. The number of benzene rings is 1. The monoisotopic (exact) mass is 284 g/mol. The number of pyridine rings is 1. The van der Waals surface area contributed by atoms with Crippen LogP contribution in [0.1, 0.15) is 22.3 Å². The Hall–Kier alpha value is -2.04. The number of aliphatic hydroxyl groups excluding tert-OH is 1. The van der Waals surface area contributed by atoms with Crippen LogP contribution in [0, 0.1) is 0 Å². The highest BCUT2D eigenvalue weighted by Crippen LogP contribution is 2.03. The zero-order valence-electron chi connectivity index (χ0n) is 11.9. The summed E-state index contributed by atoms with van der Waals surface area (Å²) in [7, 11) is 0. The van der Waals surface area contributed by atoms with E-state index in [0.29, 0.717) is 31.5 Å². The predicted molar refractivity (Wildman–Crippen MR) is 82.2 cm³/mol. The van der Waals surface area contributed by atoms with Gasteiger partial charge in [-0.25, -0.2) is 0 Å². The van der Waals surface area contributed by atoms with Crippen LogP contribution in [-0.4, -0.2) is 35.1 Å². The van der Waals surface area contributed by atoms with Gasteiger partial charge in [0, 0.05) is 37.5 Å². The molecular formula is C17H20N2O2. The number of Topliss-reactive ketones (excluding diaryl/α,β-unsaturated/α-hetero) is 1. The molecule has 0 spiro atoms. The molecule has 0 radical (unpaired) electrons. The van der Waals surface area contributed by atoms with Gasteiger partial charge in [0.25, 0.3) is 0 Å². The first-order valence-corrected chi connectivity index (χ1v) is 7.11. The lowest BCUT2D eigenvalue weighted by molar-refractivity contribution is 0.0979. The van der Waals surface area contributed by atoms with Gasteiger partial charge < -0.3 is 10.4 Å². The van der Waals surface area contributed by atoms with Gasteiger partial charge in [-0.2, -0.15) is 0 Å². The summed E-state index contributed by atoms with van der Waals surface area (Å²) in [6.07, 6.45) is 3.83. The van der Waals surface area contributed by atoms with Gasteiger partial charge in [-0.1, -0.05) is 30.3 Å². The van der Waals surface area contributed by atoms with E-state index in [0.717, 1.165) is 5.56 Å². The average molecular weight is 284 g/mol. The number of aromatic nitrogens is 1. The summed E-state index contributed by atoms with van der Waals surface area (Å²) in [5.74, 6) is 0.0856. The number of aliphatic hydroxyl groups is 1. The second-order valence-corrected chi connectivity index (χ2v) is 4.96. The van der Waals surface area contributed by atoms with Crippen LogP contribution in [0.25, 0.3) is 0 Å². The predicted octanol–water partition coefficient (Wildman–Crippen LogP) is 1.85. The number of carbonyl (C=O) groups is 1. The number of nitrogens with one attached hydrogen (secondary N) is 1. The van der Waals surface area contributed by atoms with E-state index < -0.39 is 6.10 Å². The lowest BCUT2D eigenvalue weighted by Crippen LogP contribution is -2.30. The number of rotatable bonds is 8. The lowest BCUT2D eigenvalue weighted by Gasteiger charge is -2.11. The summed E-state index contributed by atoms with van der Waals surface area (Å²) in [6, 6.07) is 13.3. The van der Waals surface area contributed by atoms with E-state index in [1.807, 2.05) is 30.3 Å². The first-order chi connectivity index (χ1) is 10.3. The molecule has 0 saturated carbocycles. The third kappa shape index (κ3) is 5.45. The third-order valence-corrected chi connectivity index (χ3v) is 3.23. The highest BCUT2D eigenvalue weighted by molar-refractivity contribution is 5.95. The Morgan fingerprint density at radius 1 is 1.14 bits per heavy atom. The lowest BCUT2D eigenvalue weighted by atomic mass is 10.1. The minimum atomic E-state index is -0.441. The van der Waals surface area contributed by atoms with Crippen molar-refractivity contribution in [3.63, 3.8) is 0 Å². The summed E-state index contributed by atoms with van der Waals surface area (Å²) >= 11 is 0. The van der Waals surface area contributed by atoms with Crippen molar-refractivity contribution in [3.05, 3.63) is 66.0 Å². The molecule has 2 N–H and O–H groups in total. The van der Waals surface area contributed by atoms with Gasteiger partial charge in [-0.3, -0.25) is 9.78 Å². The van der Waals surface area contributed by atoms with Crippen LogP contribution < -0.4 is 5.32 Å². The van der Waals surface area contributed by atoms with Crippen molar-refractivity contribution in [3.8, 4) is 0 Å². The van der Waals surface area contributed by atoms with Crippen LogP contribution in [0.15, 0.2) is 54.9 Å². The molecule has 4 heteroatoms. The van der Waals surface area contributed by atoms with Crippen LogP contribution in [-0.2, 0) is 6.42 Å². The van der Waals surface area contributed by atoms with E-state index in [9.17, 15) is 9.90 Å². The van der Waals surface area contributed by atoms with E-state index in [1.165, 1.54) is 0 Å². The molecule has 2 rings (SSSR count). The fraction of sp³-hybridized carbons (Fsp3) is 0.294. The van der Waals surface area contributed by atoms with Gasteiger partial charge >= 0.3 is 0 Å². The molecule has 1 unspecified atom stereocenters. The van der Waals surface area contributed by atoms with E-state index >= 15 is 0 Å². The van der Waals surface area contributed by atoms with Crippen molar-refractivity contribution in [2.45, 2.75) is 18.9 Å². The Balaban J connectivity index is 1.64. The Labute approximate surface area is 124 Å². The average Bonchev–Trinajstić information content (AvgIpc) is 2.53. The van der Waals surface area contributed by atoms with Crippen LogP contribution in [0.3, 0.4) is 0 Å². The molecule has 1 atom stereocenters. The van der Waals surface area contributed by atoms with Crippen molar-refractivity contribution in [2.75, 3.05) is 13.1 Å². The zero-order valence-corrected chi connectivity index (χ0v) is 11.9. The van der Waals surface area contributed by atoms with E-state index in [1.54, 1.807) is 24.5 Å². The van der Waals surface area contributed by atoms with Crippen LogP contribution >= 0.6 is 0 Å². The normalized spacial score (nSPS) is 12.0. The molecule has 0 fully saturated rings. The summed E-state index contributed by atoms with van der Waals surface area (Å²) in [6.45, 7) is 1.05. The van der Waals surface area contributed by atoms with E-state index in [2.05, 4.69) is 10.3 Å². The van der Waals surface area contributed by atoms with Crippen molar-refractivity contribution < 1.29 is 9.90 Å². The number of carbonyl (C=O) groups excluding carboxylic acids is 1. The molecular weight excluding hydrogens is 264 g/mol. The number of hydrogen-bond acceptors (Lipinski definition) is 4. The Kier molecular flexibility index (Phi) is 6.06. The third-order valence-electron chi connectivity index (χ3n) is 3.23. The van der Waals surface area contributed by atoms with Crippen LogP contribution in [0.5, 0.6) is 0 Å². The topological polar surface area (TPSA) is 62.2 Å². The van der Waals surface area contributed by atoms with Crippen molar-refractivity contribution >= 4 is 5.78 Å². The molecule has 0 saturated heterocycles. The maximum Gasteiger partial charge on any atom is 0.164 e. The van der Waals surface area contributed by atoms with Gasteiger partial charge in [-0.15, -0.1) is 0 Å². The molecule has 0 amide bonds. The van der Waals surface area contributed by atoms with Gasteiger partial charge in [0.05, 0.1) is 6.10 Å². The summed E-state index contributed by atoms with van der Waals surface area (Å²) in [5.41, 5.74) is 1.79. The second-order valence-electron chi connectivity index (χ2n) is 4.96. The molecule has 4 nitrogen and oxygen atoms in total. The first-order valence-electron chi connectivity index (χ1n) is 7.11. The second kappa shape index (κ2) is 8.29. The Morgan fingerprint density at radius 3 is 2.57 bits per heavy atom. The molecule has 0 bridgehead atoms. The summed E-state index contributed by atoms with van der Waals surface area (Å²) in [4.78, 5) is 15.7. The number of hydrogen-bond donors (Lipinski definition) is 2. The highest BCUT2D eigenvalue weighted by Gasteiger charge is 2.07. The summed E-state index contributed by atoms with van der Waals surface area (Å²) in [5, 5.41) is 13.0. The molecule has 2 aromatic rings. The fourth-order valence-electron chi connectivity index (χ4n) is 2.11. The number of ketones is 1. The molecule has 0 aliphatic heterocycles. The molecule has 1 heterocycles. The SMILES string of the molecule is O=C(CCNCC(O)Cc1ccccc1)c1ccncc1. The minimum absolute atomic E-state index is 0.0856. The zero-order chi connectivity index (χ0) is 14.9. The molecule has 1 aromatic carbocycles. The largest absolute Gasteiger partial charge is 0.391 e. The highest BCUT2D eigenvalue weighted by atomic mass is 16.3. The van der Waals surface area contributed by atoms with Gasteiger partial charge in [0.1, 0.15) is 0 Å². The van der Waals surface area contributed by atoms with Crippen LogP contribution in [0.2, 0.25) is 0 Å². The van der Waals surface area contributed by atoms with Gasteiger partial charge in [0.15, 0.2) is 5.78 Å². The Bertz CT molecular complexity index is 543. The first kappa shape index (κ1) is 15.4. The van der Waals surface area contributed by atoms with E-state index in [-0.39, 0.29) is 5.78 Å². The Morgan fingerprint density at radius 2 is 1.86 bits per heavy atom. The fourth-order valence-corrected chi connectivity index (χ4v) is 2.11. The molecule has 0 aliphatic rings. The van der Waals surface area contributed by atoms with Crippen molar-refractivity contribution in [2.24, 2.45) is 0 Å². The van der Waals surface area contributed by atoms with Gasteiger partial charge in [-0.05, 0) is 24.1 Å². The van der Waals surface area contributed by atoms with Crippen molar-refractivity contribution in [1.82, 2.24) is 10.3 Å². The maximum atomic E-state index is 11.9. The van der Waals surface area contributed by atoms with Crippen LogP contribution in [0.4, 0.5) is 0 Å². The molecule has 1 aromatic heterocycles. The quantitative estimate of drug-likeness (QED) is 0.573. The van der Waals surface area contributed by atoms with Gasteiger partial charge in [0.2, 0.25) is 0 Å².